The molecule has 456 valence electrons. The number of para-hydroxylation sites is 7. The molecule has 1 aliphatic heterocycles. The van der Waals surface area contributed by atoms with Crippen LogP contribution in [0.15, 0.2) is 268 Å². The Morgan fingerprint density at radius 3 is 1.06 bits per heavy atom. The van der Waals surface area contributed by atoms with Crippen LogP contribution in [0.5, 0.6) is 5.75 Å². The molecular weight excluding hydrogens is 1170 g/mol. The van der Waals surface area contributed by atoms with Crippen LogP contribution < -0.4 is 14.5 Å². The molecule has 0 unspecified atom stereocenters. The van der Waals surface area contributed by atoms with Crippen molar-refractivity contribution in [2.75, 3.05) is 9.80 Å². The smallest absolute Gasteiger partial charge is 0.159 e. The summed E-state index contributed by atoms with van der Waals surface area (Å²) in [6.07, 6.45) is 0. The second-order valence-electron chi connectivity index (χ2n) is 28.5. The normalized spacial score (nSPS) is 14.9. The molecule has 14 aromatic carbocycles. The third-order valence-corrected chi connectivity index (χ3v) is 22.5. The molecule has 0 atom stereocenters. The maximum Gasteiger partial charge on any atom is 0.159 e. The fourth-order valence-electron chi connectivity index (χ4n) is 17.9. The first-order chi connectivity index (χ1) is 46.9. The van der Waals surface area contributed by atoms with Crippen LogP contribution >= 0.6 is 0 Å². The van der Waals surface area contributed by atoms with Crippen LogP contribution in [0.25, 0.3) is 132 Å². The zero-order valence-electron chi connectivity index (χ0n) is 54.0. The molecule has 0 saturated carbocycles. The van der Waals surface area contributed by atoms with Crippen LogP contribution in [0.2, 0.25) is 0 Å². The number of hydrogen-bond donors (Lipinski definition) is 0. The fourth-order valence-corrected chi connectivity index (χ4v) is 17.9. The largest absolute Gasteiger partial charge is 0.488 e. The van der Waals surface area contributed by atoms with Gasteiger partial charge in [-0.15, -0.1) is 0 Å². The lowest BCUT2D eigenvalue weighted by molar-refractivity contribution is 0.303. The Labute approximate surface area is 554 Å². The van der Waals surface area contributed by atoms with Crippen LogP contribution in [0.1, 0.15) is 80.5 Å². The minimum atomic E-state index is -0.401. The van der Waals surface area contributed by atoms with Gasteiger partial charge < -0.3 is 27.8 Å². The van der Waals surface area contributed by atoms with Crippen LogP contribution in [-0.4, -0.2) is 0 Å². The van der Waals surface area contributed by atoms with Crippen LogP contribution in [0.3, 0.4) is 0 Å². The van der Waals surface area contributed by atoms with Crippen molar-refractivity contribution in [3.05, 3.63) is 294 Å². The highest BCUT2D eigenvalue weighted by Gasteiger charge is 2.47. The number of anilines is 6. The summed E-state index contributed by atoms with van der Waals surface area (Å²) in [4.78, 5) is 4.90. The lowest BCUT2D eigenvalue weighted by Gasteiger charge is -2.33. The molecule has 21 rings (SSSR count). The Hall–Kier alpha value is -11.6. The summed E-state index contributed by atoms with van der Waals surface area (Å²) in [5.41, 5.74) is 29.3. The quantitative estimate of drug-likeness (QED) is 0.165. The maximum atomic E-state index is 6.99. The highest BCUT2D eigenvalue weighted by Crippen LogP contribution is 2.63. The lowest BCUT2D eigenvalue weighted by atomic mass is 9.78. The van der Waals surface area contributed by atoms with E-state index in [4.69, 9.17) is 18.0 Å². The maximum absolute atomic E-state index is 6.99. The molecule has 17 aromatic rings. The van der Waals surface area contributed by atoms with E-state index in [9.17, 15) is 0 Å². The molecule has 6 heteroatoms. The van der Waals surface area contributed by atoms with Crippen molar-refractivity contribution < 1.29 is 18.0 Å². The topological polar surface area (TPSA) is 55.1 Å². The van der Waals surface area contributed by atoms with E-state index in [0.29, 0.717) is 6.61 Å². The Morgan fingerprint density at radius 2 is 0.594 bits per heavy atom. The van der Waals surface area contributed by atoms with Crippen LogP contribution in [0.4, 0.5) is 34.1 Å². The van der Waals surface area contributed by atoms with Gasteiger partial charge in [-0.05, 0) is 168 Å². The number of rotatable bonds is 6. The van der Waals surface area contributed by atoms with Gasteiger partial charge in [-0.25, -0.2) is 0 Å². The predicted octanol–water partition coefficient (Wildman–Crippen LogP) is 25.1. The number of fused-ring (bicyclic) bond motifs is 25. The molecule has 4 aliphatic rings. The van der Waals surface area contributed by atoms with Gasteiger partial charge in [0, 0.05) is 70.5 Å². The zero-order chi connectivity index (χ0) is 63.8. The minimum absolute atomic E-state index is 0.331. The molecule has 0 spiro atoms. The standard InChI is InChI=1S/C90H62N2O4/c1-88(2)67-45-64-69(89(3,4)71-47-77(51-23-7-9-29-57(51)83(64)71)91(74-36-20-32-59-54-26-12-16-40-80(54)94-85(59)74)73-35-19-31-50-53-25-11-15-39-79(53)93-49-66(50)73)43-62(67)63-44-70-65(46-68(63)88)84-58-30-10-8-24-52(58)78(48-72(84)90(70,5)6)92(75-37-21-33-60-55-27-13-17-41-81(55)95-86(60)75)76-38-22-34-61-56-28-14-18-42-82(56)96-87(61)76/h7-48H,49H2,1-6H3. The zero-order valence-corrected chi connectivity index (χ0v) is 54.0. The van der Waals surface area contributed by atoms with Crippen molar-refractivity contribution in [2.45, 2.75) is 64.4 Å². The van der Waals surface area contributed by atoms with E-state index in [1.807, 2.05) is 0 Å². The summed E-state index contributed by atoms with van der Waals surface area (Å²) < 4.78 is 27.6. The van der Waals surface area contributed by atoms with Gasteiger partial charge in [0.05, 0.1) is 34.1 Å². The second kappa shape index (κ2) is 18.8. The van der Waals surface area contributed by atoms with Crippen molar-refractivity contribution in [1.29, 1.82) is 0 Å². The van der Waals surface area contributed by atoms with Gasteiger partial charge in [0.2, 0.25) is 0 Å². The number of nitrogens with zero attached hydrogens (tertiary/aromatic N) is 2. The summed E-state index contributed by atoms with van der Waals surface area (Å²) in [6.45, 7) is 15.1. The van der Waals surface area contributed by atoms with Gasteiger partial charge in [-0.1, -0.05) is 211 Å². The van der Waals surface area contributed by atoms with Gasteiger partial charge in [0.1, 0.15) is 29.1 Å². The van der Waals surface area contributed by atoms with E-state index in [1.54, 1.807) is 0 Å². The third-order valence-electron chi connectivity index (χ3n) is 22.5. The molecule has 0 saturated heterocycles. The van der Waals surface area contributed by atoms with Crippen molar-refractivity contribution in [1.82, 2.24) is 0 Å². The number of hydrogen-bond acceptors (Lipinski definition) is 6. The van der Waals surface area contributed by atoms with Gasteiger partial charge in [0.25, 0.3) is 0 Å². The first kappa shape index (κ1) is 53.9. The number of furan rings is 3. The van der Waals surface area contributed by atoms with E-state index in [0.717, 1.165) is 122 Å². The average Bonchev–Trinajstić information content (AvgIpc) is 1.52. The van der Waals surface area contributed by atoms with E-state index >= 15 is 0 Å². The highest BCUT2D eigenvalue weighted by atomic mass is 16.5. The van der Waals surface area contributed by atoms with Gasteiger partial charge in [0.15, 0.2) is 16.7 Å². The molecule has 0 N–H and O–H groups in total. The Morgan fingerprint density at radius 1 is 0.260 bits per heavy atom. The Balaban J connectivity index is 0.743. The first-order valence-corrected chi connectivity index (χ1v) is 33.6. The van der Waals surface area contributed by atoms with E-state index < -0.39 is 10.8 Å². The molecule has 3 aliphatic carbocycles. The molecule has 0 amide bonds. The predicted molar refractivity (Wildman–Crippen MR) is 395 cm³/mol. The Bertz CT molecular complexity index is 6230. The average molecular weight is 1240 g/mol. The summed E-state index contributed by atoms with van der Waals surface area (Å²) in [6, 6.07) is 93.6. The first-order valence-electron chi connectivity index (χ1n) is 33.6. The molecule has 6 nitrogen and oxygen atoms in total. The van der Waals surface area contributed by atoms with Crippen LogP contribution in [0, 0.1) is 0 Å². The molecule has 96 heavy (non-hydrogen) atoms. The molecule has 0 fully saturated rings. The van der Waals surface area contributed by atoms with Gasteiger partial charge >= 0.3 is 0 Å². The SMILES string of the molecule is CC1(C)c2cc3c(cc2-c2cc4c(cc21)-c1c(cc(N(c2cccc5c2oc2ccccc25)c2cccc5c2oc2ccccc25)c2ccccc12)C4(C)C)C(C)(C)c1cc(N(c2cccc4c2COc2ccccc2-4)c2cccc4c2oc2ccccc24)c2ccccc2c1-3. The fraction of sp³-hybridized carbons (Fsp3) is 0.111. The van der Waals surface area contributed by atoms with Crippen LogP contribution in [-0.2, 0) is 22.9 Å². The second-order valence-corrected chi connectivity index (χ2v) is 28.5. The molecule has 4 heterocycles. The minimum Gasteiger partial charge on any atom is -0.488 e. The summed E-state index contributed by atoms with van der Waals surface area (Å²) in [5.74, 6) is 0.903. The third kappa shape index (κ3) is 6.99. The molecule has 0 radical (unpaired) electrons. The van der Waals surface area contributed by atoms with Crippen molar-refractivity contribution in [3.8, 4) is 50.3 Å². The summed E-state index contributed by atoms with van der Waals surface area (Å²) in [7, 11) is 0. The monoisotopic (exact) mass is 1230 g/mol. The number of ether oxygens (including phenoxy) is 1. The molecular formula is C90H62N2O4. The number of benzene rings is 14. The highest BCUT2D eigenvalue weighted by molar-refractivity contribution is 6.19. The van der Waals surface area contributed by atoms with Crippen molar-refractivity contribution in [3.63, 3.8) is 0 Å². The molecule has 0 bridgehead atoms. The van der Waals surface area contributed by atoms with E-state index in [2.05, 4.69) is 306 Å². The molecule has 3 aromatic heterocycles. The summed E-state index contributed by atoms with van der Waals surface area (Å²) >= 11 is 0. The van der Waals surface area contributed by atoms with Gasteiger partial charge in [-0.2, -0.15) is 0 Å². The van der Waals surface area contributed by atoms with E-state index in [-0.39, 0.29) is 5.41 Å². The van der Waals surface area contributed by atoms with Gasteiger partial charge in [-0.3, -0.25) is 0 Å². The van der Waals surface area contributed by atoms with Crippen molar-refractivity contribution >= 4 is 121 Å². The summed E-state index contributed by atoms with van der Waals surface area (Å²) in [5, 5.41) is 11.2. The Kier molecular flexibility index (Phi) is 10.6. The van der Waals surface area contributed by atoms with Crippen molar-refractivity contribution in [2.24, 2.45) is 0 Å². The lowest BCUT2D eigenvalue weighted by Crippen LogP contribution is -2.19. The van der Waals surface area contributed by atoms with E-state index in [1.165, 1.54) is 88.5 Å².